The average Bonchev–Trinajstić information content (AvgIpc) is 3.13. The molecule has 0 bridgehead atoms. The molecular formula is C27H32N4O5. The van der Waals surface area contributed by atoms with E-state index in [2.05, 4.69) is 5.32 Å². The van der Waals surface area contributed by atoms with Crippen LogP contribution in [0.4, 0.5) is 5.69 Å². The molecule has 9 heteroatoms. The molecule has 9 nitrogen and oxygen atoms in total. The summed E-state index contributed by atoms with van der Waals surface area (Å²) in [6, 6.07) is 6.94. The van der Waals surface area contributed by atoms with Crippen LogP contribution in [-0.4, -0.2) is 62.2 Å². The molecule has 0 unspecified atom stereocenters. The van der Waals surface area contributed by atoms with Crippen molar-refractivity contribution in [2.75, 3.05) is 38.8 Å². The summed E-state index contributed by atoms with van der Waals surface area (Å²) in [4.78, 5) is 41.3. The molecule has 2 aromatic rings. The number of nitrogens with zero attached hydrogens (tertiary/aromatic N) is 2. The number of hydrogen-bond acceptors (Lipinski definition) is 6. The highest BCUT2D eigenvalue weighted by molar-refractivity contribution is 6.08. The number of ketones is 1. The van der Waals surface area contributed by atoms with Gasteiger partial charge in [0.15, 0.2) is 12.4 Å². The van der Waals surface area contributed by atoms with Crippen LogP contribution in [0.5, 0.6) is 11.5 Å². The predicted octanol–water partition coefficient (Wildman–Crippen LogP) is 3.12. The van der Waals surface area contributed by atoms with Gasteiger partial charge in [-0.1, -0.05) is 20.8 Å². The van der Waals surface area contributed by atoms with Crippen molar-refractivity contribution in [1.29, 1.82) is 5.41 Å². The number of hydrogen-bond donors (Lipinski definition) is 2. The number of Topliss-reactive ketones (excluding diaryl/α,β-unsaturated/α-hetero) is 1. The number of rotatable bonds is 6. The van der Waals surface area contributed by atoms with Crippen LogP contribution in [0.1, 0.15) is 65.1 Å². The van der Waals surface area contributed by atoms with E-state index in [1.165, 1.54) is 4.90 Å². The zero-order valence-electron chi connectivity index (χ0n) is 21.6. The molecule has 190 valence electrons. The third-order valence-corrected chi connectivity index (χ3v) is 6.52. The topological polar surface area (TPSA) is 112 Å². The fourth-order valence-electron chi connectivity index (χ4n) is 4.51. The Balaban J connectivity index is 1.65. The minimum atomic E-state index is -0.315. The van der Waals surface area contributed by atoms with Gasteiger partial charge in [-0.25, -0.2) is 0 Å². The second kappa shape index (κ2) is 9.29. The first-order valence-electron chi connectivity index (χ1n) is 11.9. The molecule has 4 rings (SSSR count). The molecule has 2 N–H and O–H groups in total. The Hall–Kier alpha value is -3.88. The number of amidine groups is 1. The van der Waals surface area contributed by atoms with Gasteiger partial charge in [0.1, 0.15) is 17.3 Å². The summed E-state index contributed by atoms with van der Waals surface area (Å²) < 4.78 is 11.4. The van der Waals surface area contributed by atoms with Crippen LogP contribution in [0.3, 0.4) is 0 Å². The van der Waals surface area contributed by atoms with Gasteiger partial charge in [-0.3, -0.25) is 19.8 Å². The fourth-order valence-corrected chi connectivity index (χ4v) is 4.51. The zero-order valence-corrected chi connectivity index (χ0v) is 21.6. The van der Waals surface area contributed by atoms with Crippen molar-refractivity contribution in [2.24, 2.45) is 0 Å². The van der Waals surface area contributed by atoms with E-state index in [0.29, 0.717) is 47.0 Å². The van der Waals surface area contributed by atoms with Gasteiger partial charge in [-0.05, 0) is 42.2 Å². The van der Waals surface area contributed by atoms with Crippen LogP contribution in [0, 0.1) is 5.41 Å². The number of fused-ring (bicyclic) bond motifs is 2. The lowest BCUT2D eigenvalue weighted by Gasteiger charge is -2.32. The fraction of sp³-hybridized carbons (Fsp3) is 0.407. The molecule has 2 aliphatic rings. The van der Waals surface area contributed by atoms with Crippen molar-refractivity contribution in [3.05, 3.63) is 52.1 Å². The molecule has 0 saturated heterocycles. The molecular weight excluding hydrogens is 460 g/mol. The molecule has 2 amide bonds. The summed E-state index contributed by atoms with van der Waals surface area (Å²) in [5, 5.41) is 11.3. The Labute approximate surface area is 210 Å². The maximum atomic E-state index is 13.5. The van der Waals surface area contributed by atoms with Crippen LogP contribution in [0.15, 0.2) is 24.3 Å². The van der Waals surface area contributed by atoms with Crippen molar-refractivity contribution in [3.63, 3.8) is 0 Å². The Bertz CT molecular complexity index is 1280. The van der Waals surface area contributed by atoms with Gasteiger partial charge in [0.05, 0.1) is 24.4 Å². The van der Waals surface area contributed by atoms with Gasteiger partial charge >= 0.3 is 0 Å². The molecule has 2 aliphatic heterocycles. The summed E-state index contributed by atoms with van der Waals surface area (Å²) in [5.74, 6) is 0.593. The molecule has 2 aromatic carbocycles. The van der Waals surface area contributed by atoms with Crippen molar-refractivity contribution in [1.82, 2.24) is 10.2 Å². The molecule has 0 atom stereocenters. The second-order valence-corrected chi connectivity index (χ2v) is 10.0. The number of nitrogens with one attached hydrogen (secondary N) is 2. The Kier molecular flexibility index (Phi) is 6.51. The van der Waals surface area contributed by atoms with Crippen molar-refractivity contribution in [3.8, 4) is 11.5 Å². The van der Waals surface area contributed by atoms with E-state index in [1.54, 1.807) is 37.2 Å². The van der Waals surface area contributed by atoms with Crippen LogP contribution in [0.2, 0.25) is 0 Å². The number of carbonyl (C=O) groups excluding carboxylic acids is 3. The Morgan fingerprint density at radius 2 is 1.92 bits per heavy atom. The first-order chi connectivity index (χ1) is 17.0. The third-order valence-electron chi connectivity index (χ3n) is 6.52. The number of amides is 2. The Morgan fingerprint density at radius 1 is 1.19 bits per heavy atom. The van der Waals surface area contributed by atoms with E-state index in [0.717, 1.165) is 11.1 Å². The first kappa shape index (κ1) is 25.2. The zero-order chi connectivity index (χ0) is 26.4. The largest absolute Gasteiger partial charge is 0.493 e. The number of benzene rings is 2. The Morgan fingerprint density at radius 3 is 2.56 bits per heavy atom. The van der Waals surface area contributed by atoms with E-state index < -0.39 is 0 Å². The smallest absolute Gasteiger partial charge is 0.264 e. The molecule has 2 heterocycles. The lowest BCUT2D eigenvalue weighted by Crippen LogP contribution is -2.37. The molecule has 36 heavy (non-hydrogen) atoms. The normalized spacial score (nSPS) is 14.8. The standard InChI is InChI=1S/C27H32N4O5/c1-7-35-22-10-16-12-31(25(28)17(16)11-18(22)26(34)29-5)13-21(32)15-8-19(27(2,3)4)24-20(9-15)30(6)23(33)14-36-24/h8-11,28H,7,12-14H2,1-6H3,(H,29,34). The van der Waals surface area contributed by atoms with Crippen molar-refractivity contribution >= 4 is 29.1 Å². The number of likely N-dealkylation sites (N-methyl/N-ethyl adjacent to an activating group) is 1. The third kappa shape index (κ3) is 4.41. The number of ether oxygens (including phenoxy) is 2. The lowest BCUT2D eigenvalue weighted by molar-refractivity contribution is -0.121. The van der Waals surface area contributed by atoms with E-state index in [9.17, 15) is 14.4 Å². The van der Waals surface area contributed by atoms with Gasteiger partial charge in [0.2, 0.25) is 0 Å². The molecule has 0 aliphatic carbocycles. The van der Waals surface area contributed by atoms with E-state index in [-0.39, 0.29) is 42.0 Å². The van der Waals surface area contributed by atoms with E-state index >= 15 is 0 Å². The average molecular weight is 493 g/mol. The summed E-state index contributed by atoms with van der Waals surface area (Å²) in [7, 11) is 3.22. The highest BCUT2D eigenvalue weighted by Gasteiger charge is 2.33. The maximum absolute atomic E-state index is 13.5. The van der Waals surface area contributed by atoms with E-state index in [1.807, 2.05) is 33.8 Å². The predicted molar refractivity (Wildman–Crippen MR) is 137 cm³/mol. The summed E-state index contributed by atoms with van der Waals surface area (Å²) in [6.45, 7) is 8.63. The SMILES string of the molecule is CCOc1cc2c(cc1C(=O)NC)C(=N)N(CC(=O)c1cc3c(c(C(C)(C)C)c1)OCC(=O)N3C)C2. The van der Waals surface area contributed by atoms with Crippen LogP contribution >= 0.6 is 0 Å². The monoisotopic (exact) mass is 492 g/mol. The quantitative estimate of drug-likeness (QED) is 0.600. The number of carbonyl (C=O) groups is 3. The number of anilines is 1. The van der Waals surface area contributed by atoms with Gasteiger partial charge in [-0.15, -0.1) is 0 Å². The van der Waals surface area contributed by atoms with Crippen LogP contribution in [0.25, 0.3) is 0 Å². The van der Waals surface area contributed by atoms with Gasteiger partial charge in [0.25, 0.3) is 11.8 Å². The molecule has 0 fully saturated rings. The molecule has 0 saturated carbocycles. The summed E-state index contributed by atoms with van der Waals surface area (Å²) in [6.07, 6.45) is 0. The van der Waals surface area contributed by atoms with Crippen molar-refractivity contribution in [2.45, 2.75) is 39.7 Å². The molecule has 0 radical (unpaired) electrons. The minimum absolute atomic E-state index is 0.0202. The van der Waals surface area contributed by atoms with Crippen molar-refractivity contribution < 1.29 is 23.9 Å². The molecule has 0 aromatic heterocycles. The van der Waals surface area contributed by atoms with Crippen LogP contribution < -0.4 is 19.7 Å². The highest BCUT2D eigenvalue weighted by Crippen LogP contribution is 2.42. The molecule has 0 spiro atoms. The van der Waals surface area contributed by atoms with Gasteiger partial charge in [0, 0.05) is 37.3 Å². The second-order valence-electron chi connectivity index (χ2n) is 10.0. The van der Waals surface area contributed by atoms with Crippen LogP contribution in [-0.2, 0) is 16.8 Å². The van der Waals surface area contributed by atoms with Gasteiger partial charge in [-0.2, -0.15) is 0 Å². The van der Waals surface area contributed by atoms with Gasteiger partial charge < -0.3 is 24.6 Å². The lowest BCUT2D eigenvalue weighted by atomic mass is 9.84. The first-order valence-corrected chi connectivity index (χ1v) is 11.9. The maximum Gasteiger partial charge on any atom is 0.264 e. The summed E-state index contributed by atoms with van der Waals surface area (Å²) in [5.41, 5.74) is 3.33. The summed E-state index contributed by atoms with van der Waals surface area (Å²) >= 11 is 0. The highest BCUT2D eigenvalue weighted by atomic mass is 16.5. The minimum Gasteiger partial charge on any atom is -0.493 e. The van der Waals surface area contributed by atoms with E-state index in [4.69, 9.17) is 14.9 Å².